The number of hydrogen-bond acceptors (Lipinski definition) is 8. The lowest BCUT2D eigenvalue weighted by Gasteiger charge is -2.31. The zero-order chi connectivity index (χ0) is 42.0. The molecular weight excluding hydrogens is 809 g/mol. The van der Waals surface area contributed by atoms with Crippen LogP contribution in [0, 0.1) is 0 Å². The Hall–Kier alpha value is -4.62. The Labute approximate surface area is 349 Å². The molecule has 2 amide bonds. The second-order valence-electron chi connectivity index (χ2n) is 14.9. The number of ether oxygens (including phenoxy) is 1. The third kappa shape index (κ3) is 9.25. The van der Waals surface area contributed by atoms with Gasteiger partial charge in [-0.1, -0.05) is 108 Å². The minimum Gasteiger partial charge on any atom is -0.505 e. The predicted octanol–water partition coefficient (Wildman–Crippen LogP) is 10.6. The van der Waals surface area contributed by atoms with E-state index in [1.807, 2.05) is 13.0 Å². The summed E-state index contributed by atoms with van der Waals surface area (Å²) in [7, 11) is -2.92. The third-order valence-corrected chi connectivity index (χ3v) is 13.1. The maximum absolute atomic E-state index is 14.2. The molecule has 1 heterocycles. The summed E-state index contributed by atoms with van der Waals surface area (Å²) >= 11 is 18.9. The molecule has 15 heteroatoms. The van der Waals surface area contributed by atoms with Gasteiger partial charge in [-0.05, 0) is 84.2 Å². The number of anilines is 2. The number of nitrogens with one attached hydrogen (secondary N) is 2. The van der Waals surface area contributed by atoms with Gasteiger partial charge in [0.2, 0.25) is 0 Å². The van der Waals surface area contributed by atoms with Crippen molar-refractivity contribution < 1.29 is 27.9 Å². The maximum Gasteiger partial charge on any atom is 0.278 e. The molecule has 5 rings (SSSR count). The average Bonchev–Trinajstić information content (AvgIpc) is 3.17. The van der Waals surface area contributed by atoms with Crippen molar-refractivity contribution >= 4 is 90.9 Å². The number of rotatable bonds is 13. The van der Waals surface area contributed by atoms with Gasteiger partial charge in [-0.3, -0.25) is 13.9 Å². The lowest BCUT2D eigenvalue weighted by Crippen LogP contribution is -2.44. The molecule has 0 aromatic heterocycles. The van der Waals surface area contributed by atoms with E-state index in [9.17, 15) is 23.1 Å². The molecule has 0 bridgehead atoms. The minimum absolute atomic E-state index is 0.0206. The van der Waals surface area contributed by atoms with Gasteiger partial charge >= 0.3 is 0 Å². The number of phenolic OH excluding ortho intramolecular Hbond substituents is 1. The summed E-state index contributed by atoms with van der Waals surface area (Å²) in [5.74, 6) is -1.40. The van der Waals surface area contributed by atoms with Crippen LogP contribution in [0.5, 0.6) is 11.5 Å². The van der Waals surface area contributed by atoms with E-state index in [0.717, 1.165) is 22.7 Å². The lowest BCUT2D eigenvalue weighted by atomic mass is 9.76. The van der Waals surface area contributed by atoms with Gasteiger partial charge in [-0.25, -0.2) is 18.4 Å². The highest BCUT2D eigenvalue weighted by atomic mass is 35.5. The van der Waals surface area contributed by atoms with Gasteiger partial charge in [0.1, 0.15) is 10.6 Å². The number of phenols is 1. The first-order valence-electron chi connectivity index (χ1n) is 18.4. The molecule has 0 saturated carbocycles. The number of aliphatic imine (C=N–C) groups is 2. The molecule has 4 aromatic carbocycles. The van der Waals surface area contributed by atoms with Crippen LogP contribution in [-0.4, -0.2) is 54.3 Å². The Morgan fingerprint density at radius 1 is 0.877 bits per heavy atom. The second kappa shape index (κ2) is 17.1. The van der Waals surface area contributed by atoms with Crippen LogP contribution in [0.15, 0.2) is 87.7 Å². The van der Waals surface area contributed by atoms with Crippen molar-refractivity contribution in [2.75, 3.05) is 17.7 Å². The Balaban J connectivity index is 1.47. The average molecular weight is 855 g/mol. The molecule has 0 fully saturated rings. The lowest BCUT2D eigenvalue weighted by molar-refractivity contribution is -0.122. The maximum atomic E-state index is 14.2. The van der Waals surface area contributed by atoms with Crippen LogP contribution in [0.3, 0.4) is 0 Å². The summed E-state index contributed by atoms with van der Waals surface area (Å²) in [5, 5.41) is 15.5. The van der Waals surface area contributed by atoms with Crippen molar-refractivity contribution in [3.05, 3.63) is 99.0 Å². The fraction of sp³-hybridized carbons (Fsp3) is 0.333. The van der Waals surface area contributed by atoms with Crippen molar-refractivity contribution in [2.24, 2.45) is 9.98 Å². The molecule has 0 saturated heterocycles. The van der Waals surface area contributed by atoms with Crippen LogP contribution in [0.1, 0.15) is 78.9 Å². The van der Waals surface area contributed by atoms with E-state index >= 15 is 0 Å². The molecule has 4 aromatic rings. The van der Waals surface area contributed by atoms with E-state index < -0.39 is 39.4 Å². The minimum atomic E-state index is -4.16. The van der Waals surface area contributed by atoms with Gasteiger partial charge in [-0.15, -0.1) is 0 Å². The number of carbonyl (C=O) groups is 2. The molecule has 0 aliphatic carbocycles. The largest absolute Gasteiger partial charge is 0.505 e. The highest BCUT2D eigenvalue weighted by Gasteiger charge is 2.36. The van der Waals surface area contributed by atoms with Gasteiger partial charge in [0.25, 0.3) is 21.8 Å². The molecule has 1 aliphatic heterocycles. The van der Waals surface area contributed by atoms with E-state index in [4.69, 9.17) is 39.5 Å². The number of hydrogen-bond donors (Lipinski definition) is 3. The molecule has 0 radical (unpaired) electrons. The first-order valence-corrected chi connectivity index (χ1v) is 21.0. The number of benzene rings is 4. The standard InChI is InChI=1S/C42H46Cl3N5O6S/c1-9-33(56-34-19-16-24(41(4,5)10-2)20-27(34)42(6,7)11-3)39(52)47-25-17-18-28(43)32(23-25)49-40(53)36(46-26-21-29(44)37(51)30(45)22-26)38-48-31-14-12-13-15-35(31)57(54,55)50(38)8/h12-23,33,51H,9-11H2,1-8H3,(H,47,52)(H,49,53). The van der Waals surface area contributed by atoms with Crippen molar-refractivity contribution in [1.29, 1.82) is 0 Å². The summed E-state index contributed by atoms with van der Waals surface area (Å²) in [5.41, 5.74) is 2.00. The Morgan fingerprint density at radius 3 is 2.16 bits per heavy atom. The summed E-state index contributed by atoms with van der Waals surface area (Å²) in [6.07, 6.45) is 1.32. The molecule has 0 spiro atoms. The fourth-order valence-electron chi connectivity index (χ4n) is 5.92. The van der Waals surface area contributed by atoms with Gasteiger partial charge in [0.05, 0.1) is 32.1 Å². The van der Waals surface area contributed by atoms with Crippen LogP contribution in [0.2, 0.25) is 15.1 Å². The summed E-state index contributed by atoms with van der Waals surface area (Å²) in [6.45, 7) is 14.9. The number of nitrogens with zero attached hydrogens (tertiary/aromatic N) is 3. The number of fused-ring (bicyclic) bond motifs is 1. The second-order valence-corrected chi connectivity index (χ2v) is 18.1. The third-order valence-electron chi connectivity index (χ3n) is 10.4. The summed E-state index contributed by atoms with van der Waals surface area (Å²) in [6, 6.07) is 19.3. The predicted molar refractivity (Wildman–Crippen MR) is 230 cm³/mol. The van der Waals surface area contributed by atoms with Crippen LogP contribution in [0.25, 0.3) is 0 Å². The van der Waals surface area contributed by atoms with E-state index in [0.29, 0.717) is 17.9 Å². The molecule has 1 atom stereocenters. The zero-order valence-electron chi connectivity index (χ0n) is 33.0. The van der Waals surface area contributed by atoms with Crippen molar-refractivity contribution in [3.8, 4) is 11.5 Å². The van der Waals surface area contributed by atoms with E-state index in [1.54, 1.807) is 18.2 Å². The number of carbonyl (C=O) groups excluding carboxylic acids is 2. The summed E-state index contributed by atoms with van der Waals surface area (Å²) < 4.78 is 34.4. The van der Waals surface area contributed by atoms with Crippen molar-refractivity contribution in [1.82, 2.24) is 4.31 Å². The number of amidine groups is 1. The normalized spacial score (nSPS) is 14.7. The van der Waals surface area contributed by atoms with E-state index in [1.165, 1.54) is 49.0 Å². The van der Waals surface area contributed by atoms with Crippen molar-refractivity contribution in [3.63, 3.8) is 0 Å². The highest BCUT2D eigenvalue weighted by molar-refractivity contribution is 7.90. The molecule has 1 unspecified atom stereocenters. The first-order chi connectivity index (χ1) is 26.7. The number of para-hydroxylation sites is 1. The van der Waals surface area contributed by atoms with Gasteiger partial charge < -0.3 is 20.5 Å². The Morgan fingerprint density at radius 2 is 1.53 bits per heavy atom. The number of aromatic hydroxyl groups is 1. The molecule has 57 heavy (non-hydrogen) atoms. The quantitative estimate of drug-likeness (QED) is 0.114. The Bertz CT molecular complexity index is 2370. The van der Waals surface area contributed by atoms with Crippen LogP contribution in [-0.2, 0) is 30.4 Å². The number of sulfonamides is 1. The van der Waals surface area contributed by atoms with Gasteiger partial charge in [-0.2, -0.15) is 0 Å². The van der Waals surface area contributed by atoms with Crippen LogP contribution < -0.4 is 15.4 Å². The highest BCUT2D eigenvalue weighted by Crippen LogP contribution is 2.40. The van der Waals surface area contributed by atoms with Crippen molar-refractivity contribution in [2.45, 2.75) is 89.6 Å². The van der Waals surface area contributed by atoms with Gasteiger partial charge in [0, 0.05) is 18.3 Å². The number of halogens is 3. The monoisotopic (exact) mass is 853 g/mol. The molecule has 11 nitrogen and oxygen atoms in total. The van der Waals surface area contributed by atoms with E-state index in [-0.39, 0.29) is 53.7 Å². The van der Waals surface area contributed by atoms with Gasteiger partial charge in [0.15, 0.2) is 23.4 Å². The van der Waals surface area contributed by atoms with Crippen LogP contribution in [0.4, 0.5) is 22.7 Å². The topological polar surface area (TPSA) is 150 Å². The molecule has 1 aliphatic rings. The SMILES string of the molecule is CCC(Oc1ccc(C(C)(C)CC)cc1C(C)(C)CC)C(=O)Nc1ccc(Cl)c(NC(=O)C(=Nc2cc(Cl)c(O)c(Cl)c2)C2=Nc3ccccc3S(=O)(=O)N2C)c1. The van der Waals surface area contributed by atoms with Crippen LogP contribution >= 0.6 is 34.8 Å². The smallest absolute Gasteiger partial charge is 0.278 e. The Kier molecular flexibility index (Phi) is 13.0. The zero-order valence-corrected chi connectivity index (χ0v) is 36.1. The fourth-order valence-corrected chi connectivity index (χ4v) is 7.84. The molecule has 302 valence electrons. The first kappa shape index (κ1) is 43.5. The summed E-state index contributed by atoms with van der Waals surface area (Å²) in [4.78, 5) is 36.8. The van der Waals surface area contributed by atoms with E-state index in [2.05, 4.69) is 74.3 Å². The molecule has 3 N–H and O–H groups in total. The molecular formula is C42H46Cl3N5O6S. The number of amides is 2.